The van der Waals surface area contributed by atoms with Gasteiger partial charge in [-0.15, -0.1) is 11.8 Å². The Bertz CT molecular complexity index is 639. The predicted molar refractivity (Wildman–Crippen MR) is 86.0 cm³/mol. The van der Waals surface area contributed by atoms with Crippen LogP contribution in [0.3, 0.4) is 0 Å². The van der Waals surface area contributed by atoms with Crippen LogP contribution in [-0.2, 0) is 11.2 Å². The number of rotatable bonds is 3. The van der Waals surface area contributed by atoms with E-state index < -0.39 is 0 Å². The van der Waals surface area contributed by atoms with E-state index in [0.29, 0.717) is 6.61 Å². The molecule has 1 atom stereocenters. The van der Waals surface area contributed by atoms with Crippen molar-refractivity contribution >= 4 is 23.4 Å². The number of carbonyl (C=O) groups is 1. The number of benzene rings is 2. The zero-order valence-electron chi connectivity index (χ0n) is 11.8. The van der Waals surface area contributed by atoms with Crippen LogP contribution >= 0.6 is 11.8 Å². The van der Waals surface area contributed by atoms with Gasteiger partial charge in [0.1, 0.15) is 12.4 Å². The third-order valence-electron chi connectivity index (χ3n) is 3.61. The van der Waals surface area contributed by atoms with E-state index in [9.17, 15) is 4.79 Å². The van der Waals surface area contributed by atoms with Crippen molar-refractivity contribution in [2.24, 2.45) is 5.92 Å². The summed E-state index contributed by atoms with van der Waals surface area (Å²) < 4.78 is 5.67. The largest absolute Gasteiger partial charge is 0.492 e. The molecule has 2 aromatic rings. The highest BCUT2D eigenvalue weighted by atomic mass is 32.2. The molecule has 0 saturated carbocycles. The minimum Gasteiger partial charge on any atom is -0.492 e. The summed E-state index contributed by atoms with van der Waals surface area (Å²) in [5, 5.41) is 2.97. The van der Waals surface area contributed by atoms with Gasteiger partial charge in [-0.25, -0.2) is 0 Å². The van der Waals surface area contributed by atoms with Gasteiger partial charge in [0.15, 0.2) is 0 Å². The van der Waals surface area contributed by atoms with E-state index in [0.717, 1.165) is 23.4 Å². The van der Waals surface area contributed by atoms with E-state index in [1.165, 1.54) is 4.90 Å². The summed E-state index contributed by atoms with van der Waals surface area (Å²) in [5.74, 6) is 0.771. The SMILES string of the molecule is CSc1ccc(NC(=O)[C@@H]2COc3ccccc3C2)cc1. The molecule has 21 heavy (non-hydrogen) atoms. The van der Waals surface area contributed by atoms with Gasteiger partial charge < -0.3 is 10.1 Å². The minimum absolute atomic E-state index is 0.0152. The number of anilines is 1. The number of carbonyl (C=O) groups excluding carboxylic acids is 1. The number of fused-ring (bicyclic) bond motifs is 1. The van der Waals surface area contributed by atoms with Crippen molar-refractivity contribution in [3.05, 3.63) is 54.1 Å². The van der Waals surface area contributed by atoms with Crippen molar-refractivity contribution in [2.45, 2.75) is 11.3 Å². The standard InChI is InChI=1S/C17H17NO2S/c1-21-15-8-6-14(7-9-15)18-17(19)13-10-12-4-2-3-5-16(12)20-11-13/h2-9,13H,10-11H2,1H3,(H,18,19)/t13-/m0/s1. The molecule has 0 unspecified atom stereocenters. The maximum Gasteiger partial charge on any atom is 0.231 e. The molecule has 3 nitrogen and oxygen atoms in total. The molecule has 0 aromatic heterocycles. The first-order valence-electron chi connectivity index (χ1n) is 6.92. The fourth-order valence-corrected chi connectivity index (χ4v) is 2.82. The summed E-state index contributed by atoms with van der Waals surface area (Å²) in [6, 6.07) is 15.8. The van der Waals surface area contributed by atoms with Crippen LogP contribution in [0.2, 0.25) is 0 Å². The van der Waals surface area contributed by atoms with Crippen LogP contribution in [0, 0.1) is 5.92 Å². The molecule has 0 fully saturated rings. The van der Waals surface area contributed by atoms with Crippen LogP contribution in [0.5, 0.6) is 5.75 Å². The lowest BCUT2D eigenvalue weighted by Crippen LogP contribution is -2.32. The number of amides is 1. The molecule has 3 rings (SSSR count). The van der Waals surface area contributed by atoms with Crippen LogP contribution in [0.15, 0.2) is 53.4 Å². The maximum atomic E-state index is 12.3. The smallest absolute Gasteiger partial charge is 0.231 e. The molecular weight excluding hydrogens is 282 g/mol. The van der Waals surface area contributed by atoms with Crippen molar-refractivity contribution < 1.29 is 9.53 Å². The Kier molecular flexibility index (Phi) is 4.15. The summed E-state index contributed by atoms with van der Waals surface area (Å²) in [6.07, 6.45) is 2.76. The Labute approximate surface area is 128 Å². The second-order valence-electron chi connectivity index (χ2n) is 5.04. The Hall–Kier alpha value is -1.94. The van der Waals surface area contributed by atoms with Crippen LogP contribution in [0.1, 0.15) is 5.56 Å². The average molecular weight is 299 g/mol. The van der Waals surface area contributed by atoms with Crippen LogP contribution < -0.4 is 10.1 Å². The van der Waals surface area contributed by atoms with E-state index in [2.05, 4.69) is 5.32 Å². The summed E-state index contributed by atoms with van der Waals surface area (Å²) in [5.41, 5.74) is 1.93. The molecule has 2 aromatic carbocycles. The molecule has 0 saturated heterocycles. The quantitative estimate of drug-likeness (QED) is 0.880. The van der Waals surface area contributed by atoms with Gasteiger partial charge in [-0.1, -0.05) is 18.2 Å². The first-order chi connectivity index (χ1) is 10.3. The highest BCUT2D eigenvalue weighted by Crippen LogP contribution is 2.27. The molecule has 1 heterocycles. The van der Waals surface area contributed by atoms with E-state index >= 15 is 0 Å². The van der Waals surface area contributed by atoms with Gasteiger partial charge in [-0.3, -0.25) is 4.79 Å². The van der Waals surface area contributed by atoms with Crippen LogP contribution in [0.4, 0.5) is 5.69 Å². The summed E-state index contributed by atoms with van der Waals surface area (Å²) in [7, 11) is 0. The number of para-hydroxylation sites is 1. The Balaban J connectivity index is 1.66. The molecular formula is C17H17NO2S. The molecule has 1 aliphatic rings. The van der Waals surface area contributed by atoms with Gasteiger partial charge in [0, 0.05) is 10.6 Å². The van der Waals surface area contributed by atoms with Crippen LogP contribution in [0.25, 0.3) is 0 Å². The van der Waals surface area contributed by atoms with Gasteiger partial charge in [0.05, 0.1) is 5.92 Å². The molecule has 4 heteroatoms. The number of hydrogen-bond donors (Lipinski definition) is 1. The Morgan fingerprint density at radius 1 is 1.19 bits per heavy atom. The predicted octanol–water partition coefficient (Wildman–Crippen LogP) is 3.60. The van der Waals surface area contributed by atoms with Crippen molar-refractivity contribution in [1.82, 2.24) is 0 Å². The molecule has 0 spiro atoms. The van der Waals surface area contributed by atoms with Crippen molar-refractivity contribution in [3.63, 3.8) is 0 Å². The maximum absolute atomic E-state index is 12.3. The normalized spacial score (nSPS) is 16.7. The molecule has 0 bridgehead atoms. The van der Waals surface area contributed by atoms with Crippen molar-refractivity contribution in [1.29, 1.82) is 0 Å². The fourth-order valence-electron chi connectivity index (χ4n) is 2.42. The highest BCUT2D eigenvalue weighted by Gasteiger charge is 2.25. The van der Waals surface area contributed by atoms with Crippen molar-refractivity contribution in [2.75, 3.05) is 18.2 Å². The third-order valence-corrected chi connectivity index (χ3v) is 4.35. The highest BCUT2D eigenvalue weighted by molar-refractivity contribution is 7.98. The Morgan fingerprint density at radius 2 is 1.95 bits per heavy atom. The molecule has 1 aliphatic heterocycles. The molecule has 0 aliphatic carbocycles. The molecule has 1 amide bonds. The molecule has 108 valence electrons. The fraction of sp³-hybridized carbons (Fsp3) is 0.235. The molecule has 1 N–H and O–H groups in total. The number of thioether (sulfide) groups is 1. The lowest BCUT2D eigenvalue weighted by molar-refractivity contribution is -0.121. The second kappa shape index (κ2) is 6.22. The van der Waals surface area contributed by atoms with E-state index in [1.807, 2.05) is 54.8 Å². The van der Waals surface area contributed by atoms with Gasteiger partial charge in [0.2, 0.25) is 5.91 Å². The van der Waals surface area contributed by atoms with Gasteiger partial charge in [-0.05, 0) is 48.6 Å². The van der Waals surface area contributed by atoms with Crippen molar-refractivity contribution in [3.8, 4) is 5.75 Å². The van der Waals surface area contributed by atoms with Gasteiger partial charge >= 0.3 is 0 Å². The summed E-state index contributed by atoms with van der Waals surface area (Å²) in [4.78, 5) is 13.5. The van der Waals surface area contributed by atoms with Crippen LogP contribution in [-0.4, -0.2) is 18.8 Å². The Morgan fingerprint density at radius 3 is 2.71 bits per heavy atom. The average Bonchev–Trinajstić information content (AvgIpc) is 2.55. The minimum atomic E-state index is -0.139. The van der Waals surface area contributed by atoms with E-state index in [1.54, 1.807) is 11.8 Å². The summed E-state index contributed by atoms with van der Waals surface area (Å²) >= 11 is 1.68. The zero-order valence-corrected chi connectivity index (χ0v) is 12.7. The van der Waals surface area contributed by atoms with E-state index in [-0.39, 0.29) is 11.8 Å². The van der Waals surface area contributed by atoms with E-state index in [4.69, 9.17) is 4.74 Å². The number of ether oxygens (including phenoxy) is 1. The van der Waals surface area contributed by atoms with Gasteiger partial charge in [-0.2, -0.15) is 0 Å². The number of hydrogen-bond acceptors (Lipinski definition) is 3. The second-order valence-corrected chi connectivity index (χ2v) is 5.92. The lowest BCUT2D eigenvalue weighted by Gasteiger charge is -2.24. The molecule has 0 radical (unpaired) electrons. The lowest BCUT2D eigenvalue weighted by atomic mass is 9.96. The monoisotopic (exact) mass is 299 g/mol. The first-order valence-corrected chi connectivity index (χ1v) is 8.14. The third kappa shape index (κ3) is 3.22. The topological polar surface area (TPSA) is 38.3 Å². The zero-order chi connectivity index (χ0) is 14.7. The van der Waals surface area contributed by atoms with Gasteiger partial charge in [0.25, 0.3) is 0 Å². The summed E-state index contributed by atoms with van der Waals surface area (Å²) in [6.45, 7) is 0.436. The number of nitrogens with one attached hydrogen (secondary N) is 1. The first kappa shape index (κ1) is 14.0.